The number of aliphatic hydroxyl groups is 1. The number of rotatable bonds is 8. The zero-order valence-corrected chi connectivity index (χ0v) is 11.6. The van der Waals surface area contributed by atoms with E-state index < -0.39 is 6.10 Å². The van der Waals surface area contributed by atoms with Gasteiger partial charge in [-0.05, 0) is 23.8 Å². The zero-order valence-electron chi connectivity index (χ0n) is 11.6. The second-order valence-corrected chi connectivity index (χ2v) is 4.72. The largest absolute Gasteiger partial charge is 0.468 e. The minimum atomic E-state index is -0.522. The molecule has 1 N–H and O–H groups in total. The van der Waals surface area contributed by atoms with Crippen molar-refractivity contribution in [3.63, 3.8) is 0 Å². The summed E-state index contributed by atoms with van der Waals surface area (Å²) in [4.78, 5) is 6.22. The van der Waals surface area contributed by atoms with Gasteiger partial charge in [-0.2, -0.15) is 0 Å². The van der Waals surface area contributed by atoms with Crippen LogP contribution in [-0.2, 0) is 17.8 Å². The molecule has 2 rings (SSSR count). The molecular weight excluding hydrogens is 256 g/mol. The monoisotopic (exact) mass is 276 g/mol. The first-order valence-corrected chi connectivity index (χ1v) is 6.58. The maximum atomic E-state index is 9.91. The topological polar surface area (TPSA) is 58.7 Å². The molecule has 0 saturated carbocycles. The fourth-order valence-corrected chi connectivity index (χ4v) is 2.10. The van der Waals surface area contributed by atoms with Crippen LogP contribution in [0.5, 0.6) is 0 Å². The van der Waals surface area contributed by atoms with E-state index in [2.05, 4.69) is 9.88 Å². The maximum absolute atomic E-state index is 9.91. The molecule has 5 heteroatoms. The fraction of sp³-hybridized carbons (Fsp3) is 0.400. The summed E-state index contributed by atoms with van der Waals surface area (Å²) in [6.07, 6.45) is 4.72. The Hall–Kier alpha value is -1.69. The third-order valence-electron chi connectivity index (χ3n) is 2.92. The molecule has 108 valence electrons. The van der Waals surface area contributed by atoms with Crippen LogP contribution in [0.1, 0.15) is 11.3 Å². The average Bonchev–Trinajstić information content (AvgIpc) is 2.93. The van der Waals surface area contributed by atoms with Gasteiger partial charge in [-0.15, -0.1) is 0 Å². The Morgan fingerprint density at radius 2 is 2.25 bits per heavy atom. The summed E-state index contributed by atoms with van der Waals surface area (Å²) >= 11 is 0. The first-order chi connectivity index (χ1) is 9.78. The van der Waals surface area contributed by atoms with Crippen molar-refractivity contribution in [1.29, 1.82) is 0 Å². The Balaban J connectivity index is 1.99. The molecule has 0 saturated heterocycles. The molecule has 1 atom stereocenters. The molecule has 0 radical (unpaired) electrons. The quantitative estimate of drug-likeness (QED) is 0.795. The van der Waals surface area contributed by atoms with Crippen LogP contribution in [0.15, 0.2) is 47.3 Å². The van der Waals surface area contributed by atoms with Gasteiger partial charge in [0, 0.05) is 32.6 Å². The molecule has 2 aromatic heterocycles. The van der Waals surface area contributed by atoms with E-state index in [9.17, 15) is 5.11 Å². The van der Waals surface area contributed by atoms with Crippen LogP contribution in [0, 0.1) is 0 Å². The van der Waals surface area contributed by atoms with Crippen molar-refractivity contribution in [3.8, 4) is 0 Å². The summed E-state index contributed by atoms with van der Waals surface area (Å²) in [5.41, 5.74) is 1.10. The SMILES string of the molecule is COC[C@@H](O)CN(Cc1cccnc1)Cc1ccco1. The highest BCUT2D eigenvalue weighted by molar-refractivity contribution is 5.08. The Morgan fingerprint density at radius 3 is 2.90 bits per heavy atom. The molecule has 2 heterocycles. The van der Waals surface area contributed by atoms with Crippen molar-refractivity contribution in [2.45, 2.75) is 19.2 Å². The highest BCUT2D eigenvalue weighted by Gasteiger charge is 2.14. The predicted molar refractivity (Wildman–Crippen MR) is 74.9 cm³/mol. The third-order valence-corrected chi connectivity index (χ3v) is 2.92. The van der Waals surface area contributed by atoms with Gasteiger partial charge in [0.15, 0.2) is 0 Å². The molecule has 0 bridgehead atoms. The number of aromatic nitrogens is 1. The number of pyridine rings is 1. The summed E-state index contributed by atoms with van der Waals surface area (Å²) < 4.78 is 10.4. The van der Waals surface area contributed by atoms with E-state index in [0.717, 1.165) is 11.3 Å². The Morgan fingerprint density at radius 1 is 1.35 bits per heavy atom. The molecular formula is C15H20N2O3. The standard InChI is InChI=1S/C15H20N2O3/c1-19-12-14(18)10-17(11-15-5-3-7-20-15)9-13-4-2-6-16-8-13/h2-8,14,18H,9-12H2,1H3/t14-/m0/s1. The van der Waals surface area contributed by atoms with E-state index in [1.807, 2.05) is 30.5 Å². The molecule has 0 aliphatic rings. The molecule has 5 nitrogen and oxygen atoms in total. The summed E-state index contributed by atoms with van der Waals surface area (Å²) in [6.45, 7) is 2.18. The van der Waals surface area contributed by atoms with Gasteiger partial charge in [0.2, 0.25) is 0 Å². The van der Waals surface area contributed by atoms with E-state index in [0.29, 0.717) is 26.2 Å². The van der Waals surface area contributed by atoms with E-state index in [1.54, 1.807) is 19.6 Å². The lowest BCUT2D eigenvalue weighted by molar-refractivity contribution is 0.0323. The van der Waals surface area contributed by atoms with Crippen LogP contribution in [0.25, 0.3) is 0 Å². The Bertz CT molecular complexity index is 473. The lowest BCUT2D eigenvalue weighted by Gasteiger charge is -2.23. The zero-order chi connectivity index (χ0) is 14.2. The second kappa shape index (κ2) is 7.79. The molecule has 0 fully saturated rings. The van der Waals surface area contributed by atoms with E-state index >= 15 is 0 Å². The van der Waals surface area contributed by atoms with Gasteiger partial charge in [0.05, 0.1) is 25.5 Å². The summed E-state index contributed by atoms with van der Waals surface area (Å²) in [6, 6.07) is 7.72. The van der Waals surface area contributed by atoms with Gasteiger partial charge >= 0.3 is 0 Å². The first kappa shape index (κ1) is 14.7. The Kier molecular flexibility index (Phi) is 5.73. The van der Waals surface area contributed by atoms with Gasteiger partial charge in [-0.1, -0.05) is 6.07 Å². The average molecular weight is 276 g/mol. The van der Waals surface area contributed by atoms with E-state index in [4.69, 9.17) is 9.15 Å². The van der Waals surface area contributed by atoms with Crippen molar-refractivity contribution < 1.29 is 14.3 Å². The maximum Gasteiger partial charge on any atom is 0.117 e. The minimum Gasteiger partial charge on any atom is -0.468 e. The van der Waals surface area contributed by atoms with Crippen LogP contribution >= 0.6 is 0 Å². The number of ether oxygens (including phenoxy) is 1. The van der Waals surface area contributed by atoms with Crippen molar-refractivity contribution in [1.82, 2.24) is 9.88 Å². The molecule has 2 aromatic rings. The number of furan rings is 1. The number of hydrogen-bond donors (Lipinski definition) is 1. The summed E-state index contributed by atoms with van der Waals surface area (Å²) in [5, 5.41) is 9.91. The normalized spacial score (nSPS) is 12.8. The summed E-state index contributed by atoms with van der Waals surface area (Å²) in [7, 11) is 1.58. The highest BCUT2D eigenvalue weighted by atomic mass is 16.5. The third kappa shape index (κ3) is 4.77. The van der Waals surface area contributed by atoms with Gasteiger partial charge in [-0.25, -0.2) is 0 Å². The molecule has 0 spiro atoms. The van der Waals surface area contributed by atoms with E-state index in [-0.39, 0.29) is 0 Å². The molecule has 0 aliphatic carbocycles. The lowest BCUT2D eigenvalue weighted by Crippen LogP contribution is -2.34. The van der Waals surface area contributed by atoms with Crippen LogP contribution in [0.4, 0.5) is 0 Å². The van der Waals surface area contributed by atoms with Crippen molar-refractivity contribution in [3.05, 3.63) is 54.2 Å². The predicted octanol–water partition coefficient (Wildman–Crippen LogP) is 1.68. The number of aliphatic hydroxyl groups excluding tert-OH is 1. The second-order valence-electron chi connectivity index (χ2n) is 4.72. The molecule has 0 amide bonds. The molecule has 0 aliphatic heterocycles. The smallest absolute Gasteiger partial charge is 0.117 e. The van der Waals surface area contributed by atoms with Crippen LogP contribution in [-0.4, -0.2) is 41.4 Å². The molecule has 20 heavy (non-hydrogen) atoms. The highest BCUT2D eigenvalue weighted by Crippen LogP contribution is 2.10. The van der Waals surface area contributed by atoms with Crippen molar-refractivity contribution in [2.24, 2.45) is 0 Å². The Labute approximate surface area is 118 Å². The summed E-state index contributed by atoms with van der Waals surface area (Å²) in [5.74, 6) is 0.874. The van der Waals surface area contributed by atoms with Gasteiger partial charge in [-0.3, -0.25) is 9.88 Å². The number of nitrogens with zero attached hydrogens (tertiary/aromatic N) is 2. The minimum absolute atomic E-state index is 0.321. The van der Waals surface area contributed by atoms with E-state index in [1.165, 1.54) is 0 Å². The number of hydrogen-bond acceptors (Lipinski definition) is 5. The number of methoxy groups -OCH3 is 1. The molecule has 0 unspecified atom stereocenters. The van der Waals surface area contributed by atoms with Crippen LogP contribution in [0.2, 0.25) is 0 Å². The van der Waals surface area contributed by atoms with Crippen molar-refractivity contribution >= 4 is 0 Å². The van der Waals surface area contributed by atoms with Gasteiger partial charge in [0.1, 0.15) is 5.76 Å². The van der Waals surface area contributed by atoms with Crippen LogP contribution in [0.3, 0.4) is 0 Å². The lowest BCUT2D eigenvalue weighted by atomic mass is 10.2. The van der Waals surface area contributed by atoms with Gasteiger partial charge < -0.3 is 14.3 Å². The van der Waals surface area contributed by atoms with Crippen molar-refractivity contribution in [2.75, 3.05) is 20.3 Å². The molecule has 0 aromatic carbocycles. The first-order valence-electron chi connectivity index (χ1n) is 6.58. The van der Waals surface area contributed by atoms with Crippen LogP contribution < -0.4 is 0 Å². The van der Waals surface area contributed by atoms with Gasteiger partial charge in [0.25, 0.3) is 0 Å². The fourth-order valence-electron chi connectivity index (χ4n) is 2.10.